The number of halogens is 1. The number of ether oxygens (including phenoxy) is 1. The van der Waals surface area contributed by atoms with Crippen LogP contribution in [0, 0.1) is 5.82 Å². The number of carbonyl (C=O) groups is 1. The topological polar surface area (TPSA) is 63.2 Å². The summed E-state index contributed by atoms with van der Waals surface area (Å²) in [4.78, 5) is 20.2. The maximum absolute atomic E-state index is 13.3. The van der Waals surface area contributed by atoms with Gasteiger partial charge in [-0.1, -0.05) is 17.3 Å². The van der Waals surface area contributed by atoms with Crippen molar-refractivity contribution in [3.8, 4) is 0 Å². The Morgan fingerprint density at radius 1 is 1.40 bits per heavy atom. The van der Waals surface area contributed by atoms with Crippen LogP contribution in [0.1, 0.15) is 25.3 Å². The van der Waals surface area contributed by atoms with Gasteiger partial charge in [-0.05, 0) is 32.0 Å². The quantitative estimate of drug-likeness (QED) is 0.792. The van der Waals surface area contributed by atoms with E-state index in [1.165, 1.54) is 12.1 Å². The molecular formula is C18H24FN3O3. The number of nitrogens with one attached hydrogen (secondary N) is 1. The minimum absolute atomic E-state index is 0.190. The first-order valence-electron chi connectivity index (χ1n) is 8.66. The number of rotatable bonds is 6. The van der Waals surface area contributed by atoms with Gasteiger partial charge in [0.25, 0.3) is 5.91 Å². The van der Waals surface area contributed by atoms with Crippen molar-refractivity contribution < 1.29 is 18.8 Å². The van der Waals surface area contributed by atoms with E-state index in [1.54, 1.807) is 19.1 Å². The molecular weight excluding hydrogens is 325 g/mol. The third kappa shape index (κ3) is 4.55. The zero-order valence-electron chi connectivity index (χ0n) is 14.5. The Bertz CT molecular complexity index is 646. The lowest BCUT2D eigenvalue weighted by Gasteiger charge is -2.26. The van der Waals surface area contributed by atoms with Gasteiger partial charge in [0.15, 0.2) is 0 Å². The van der Waals surface area contributed by atoms with Crippen molar-refractivity contribution in [2.45, 2.75) is 25.4 Å². The second-order valence-electron chi connectivity index (χ2n) is 6.61. The summed E-state index contributed by atoms with van der Waals surface area (Å²) in [6.07, 6.45) is 1.20. The van der Waals surface area contributed by atoms with Crippen LogP contribution < -0.4 is 5.32 Å². The number of nitrogens with zero attached hydrogens (tertiary/aromatic N) is 2. The molecule has 1 amide bonds. The van der Waals surface area contributed by atoms with Gasteiger partial charge in [-0.25, -0.2) is 4.39 Å². The van der Waals surface area contributed by atoms with Crippen molar-refractivity contribution >= 4 is 11.6 Å². The van der Waals surface area contributed by atoms with Crippen LogP contribution in [0.4, 0.5) is 4.39 Å². The van der Waals surface area contributed by atoms with Gasteiger partial charge in [-0.15, -0.1) is 0 Å². The molecule has 1 N–H and O–H groups in total. The van der Waals surface area contributed by atoms with E-state index in [4.69, 9.17) is 9.57 Å². The standard InChI is InChI=1S/C18H24FN3O3/c1-18(13-16(21-25-18)14-4-2-5-15(19)12-14)17(23)20-6-3-7-22-8-10-24-11-9-22/h2,4-5,12H,3,6-11,13H2,1H3,(H,20,23)/t18-/m1/s1. The summed E-state index contributed by atoms with van der Waals surface area (Å²) in [5.74, 6) is -0.522. The molecule has 1 saturated heterocycles. The van der Waals surface area contributed by atoms with Gasteiger partial charge in [0.1, 0.15) is 5.82 Å². The zero-order valence-corrected chi connectivity index (χ0v) is 14.5. The largest absolute Gasteiger partial charge is 0.379 e. The molecule has 1 aromatic rings. The molecule has 2 aliphatic rings. The smallest absolute Gasteiger partial charge is 0.267 e. The summed E-state index contributed by atoms with van der Waals surface area (Å²) in [5, 5.41) is 6.91. The van der Waals surface area contributed by atoms with Crippen molar-refractivity contribution in [3.05, 3.63) is 35.6 Å². The number of benzene rings is 1. The van der Waals surface area contributed by atoms with Crippen molar-refractivity contribution in [3.63, 3.8) is 0 Å². The fraction of sp³-hybridized carbons (Fsp3) is 0.556. The minimum Gasteiger partial charge on any atom is -0.379 e. The molecule has 7 heteroatoms. The van der Waals surface area contributed by atoms with Gasteiger partial charge in [-0.3, -0.25) is 9.69 Å². The van der Waals surface area contributed by atoms with Crippen LogP contribution in [-0.2, 0) is 14.4 Å². The maximum Gasteiger partial charge on any atom is 0.267 e. The zero-order chi connectivity index (χ0) is 17.7. The third-order valence-corrected chi connectivity index (χ3v) is 4.54. The Hall–Kier alpha value is -1.99. The van der Waals surface area contributed by atoms with Gasteiger partial charge in [0.05, 0.1) is 18.9 Å². The van der Waals surface area contributed by atoms with E-state index in [9.17, 15) is 9.18 Å². The Labute approximate surface area is 147 Å². The second kappa shape index (κ2) is 7.93. The first-order chi connectivity index (χ1) is 12.1. The number of oxime groups is 1. The molecule has 1 atom stereocenters. The number of amides is 1. The van der Waals surface area contributed by atoms with Gasteiger partial charge in [0, 0.05) is 31.6 Å². The van der Waals surface area contributed by atoms with Gasteiger partial charge in [0.2, 0.25) is 5.60 Å². The normalized spacial score (nSPS) is 23.8. The molecule has 0 aliphatic carbocycles. The lowest BCUT2D eigenvalue weighted by molar-refractivity contribution is -0.141. The summed E-state index contributed by atoms with van der Waals surface area (Å²) in [7, 11) is 0. The van der Waals surface area contributed by atoms with Gasteiger partial charge < -0.3 is 14.9 Å². The fourth-order valence-corrected chi connectivity index (χ4v) is 3.00. The predicted molar refractivity (Wildman–Crippen MR) is 91.9 cm³/mol. The molecule has 0 radical (unpaired) electrons. The molecule has 25 heavy (non-hydrogen) atoms. The van der Waals surface area contributed by atoms with E-state index >= 15 is 0 Å². The Balaban J connectivity index is 1.44. The van der Waals surface area contributed by atoms with Crippen LogP contribution in [0.2, 0.25) is 0 Å². The van der Waals surface area contributed by atoms with Crippen LogP contribution in [0.3, 0.4) is 0 Å². The monoisotopic (exact) mass is 349 g/mol. The maximum atomic E-state index is 13.3. The lowest BCUT2D eigenvalue weighted by Crippen LogP contribution is -2.45. The van der Waals surface area contributed by atoms with E-state index in [1.807, 2.05) is 0 Å². The summed E-state index contributed by atoms with van der Waals surface area (Å²) in [5.41, 5.74) is 0.190. The van der Waals surface area contributed by atoms with Crippen molar-refractivity contribution in [1.29, 1.82) is 0 Å². The molecule has 2 heterocycles. The van der Waals surface area contributed by atoms with Crippen LogP contribution in [-0.4, -0.2) is 61.5 Å². The fourth-order valence-electron chi connectivity index (χ4n) is 3.00. The van der Waals surface area contributed by atoms with E-state index in [0.29, 0.717) is 24.2 Å². The van der Waals surface area contributed by atoms with Crippen LogP contribution in [0.15, 0.2) is 29.4 Å². The molecule has 0 spiro atoms. The first-order valence-corrected chi connectivity index (χ1v) is 8.66. The average molecular weight is 349 g/mol. The molecule has 2 aliphatic heterocycles. The van der Waals surface area contributed by atoms with E-state index in [2.05, 4.69) is 15.4 Å². The number of morpholine rings is 1. The average Bonchev–Trinajstić information content (AvgIpc) is 3.03. The molecule has 3 rings (SSSR count). The molecule has 0 bridgehead atoms. The van der Waals surface area contributed by atoms with E-state index < -0.39 is 5.60 Å². The first kappa shape index (κ1) is 17.8. The lowest BCUT2D eigenvalue weighted by atomic mass is 9.95. The highest BCUT2D eigenvalue weighted by molar-refractivity contribution is 6.05. The molecule has 0 unspecified atom stereocenters. The van der Waals surface area contributed by atoms with Crippen LogP contribution in [0.25, 0.3) is 0 Å². The predicted octanol–water partition coefficient (Wildman–Crippen LogP) is 1.55. The highest BCUT2D eigenvalue weighted by atomic mass is 19.1. The Kier molecular flexibility index (Phi) is 5.65. The highest BCUT2D eigenvalue weighted by Gasteiger charge is 2.42. The van der Waals surface area contributed by atoms with Crippen LogP contribution >= 0.6 is 0 Å². The van der Waals surface area contributed by atoms with Gasteiger partial charge in [-0.2, -0.15) is 0 Å². The van der Waals surface area contributed by atoms with E-state index in [-0.39, 0.29) is 11.7 Å². The molecule has 0 aromatic heterocycles. The summed E-state index contributed by atoms with van der Waals surface area (Å²) >= 11 is 0. The van der Waals surface area contributed by atoms with Crippen molar-refractivity contribution in [1.82, 2.24) is 10.2 Å². The summed E-state index contributed by atoms with van der Waals surface area (Å²) in [6, 6.07) is 6.15. The molecule has 1 aromatic carbocycles. The number of hydrogen-bond acceptors (Lipinski definition) is 5. The second-order valence-corrected chi connectivity index (χ2v) is 6.61. The van der Waals surface area contributed by atoms with Crippen LogP contribution in [0.5, 0.6) is 0 Å². The number of carbonyl (C=O) groups excluding carboxylic acids is 1. The molecule has 136 valence electrons. The minimum atomic E-state index is -1.04. The molecule has 0 saturated carbocycles. The summed E-state index contributed by atoms with van der Waals surface area (Å²) < 4.78 is 18.7. The SMILES string of the molecule is C[C@]1(C(=O)NCCCN2CCOCC2)CC(c2cccc(F)c2)=NO1. The Morgan fingerprint density at radius 3 is 2.96 bits per heavy atom. The van der Waals surface area contributed by atoms with E-state index in [0.717, 1.165) is 39.3 Å². The van der Waals surface area contributed by atoms with Gasteiger partial charge >= 0.3 is 0 Å². The van der Waals surface area contributed by atoms with Crippen molar-refractivity contribution in [2.75, 3.05) is 39.4 Å². The molecule has 1 fully saturated rings. The third-order valence-electron chi connectivity index (χ3n) is 4.54. The Morgan fingerprint density at radius 2 is 2.20 bits per heavy atom. The summed E-state index contributed by atoms with van der Waals surface area (Å²) in [6.45, 7) is 6.67. The number of hydrogen-bond donors (Lipinski definition) is 1. The highest BCUT2D eigenvalue weighted by Crippen LogP contribution is 2.27. The molecule has 6 nitrogen and oxygen atoms in total. The van der Waals surface area contributed by atoms with Crippen molar-refractivity contribution in [2.24, 2.45) is 5.16 Å².